The summed E-state index contributed by atoms with van der Waals surface area (Å²) >= 11 is 0. The number of ether oxygens (including phenoxy) is 7. The standard InChI is InChI=1S/C37H64N2O11/c1-14-26-36(9)16-19(2)32(50-36)38-20(3)17-35(8,43)31(49-34-28(40)25(39(11)12)15-21(4)45-34)22(5)29(23(6)33(42)47-26)48-27-18-37(10,44-13)30(41)24(7)46-27/h16,20-31,34,40-41,43H,14-15,17-18H2,1-13H3/t20-,21-,22+,23-,24+,25+,26-,27+,28-,29+,30+,31-,34+,35-,36-,37-/m1/s1. The molecule has 0 aromatic heterocycles. The molecule has 0 aliphatic carbocycles. The largest absolute Gasteiger partial charge is 0.463 e. The van der Waals surface area contributed by atoms with Gasteiger partial charge in [-0.1, -0.05) is 13.8 Å². The quantitative estimate of drug-likeness (QED) is 0.331. The van der Waals surface area contributed by atoms with E-state index in [4.69, 9.17) is 38.2 Å². The van der Waals surface area contributed by atoms with Crippen molar-refractivity contribution in [2.24, 2.45) is 16.8 Å². The zero-order chi connectivity index (χ0) is 37.5. The SMILES string of the molecule is CC[C@H]1OC(=O)[C@H](C)[C@@H](O[C@H]2C[C@@](C)(OC)[C@@H](O)[C@H](C)O2)[C@H](C)[C@@H](O[C@@H]2O[C@H](C)C[C@H](N(C)C)[C@H]2O)[C@](C)(O)C[C@@H](C)N=C2O[C@]1(C)C=C2C. The first-order valence-corrected chi connectivity index (χ1v) is 18.2. The molecule has 4 rings (SSSR count). The summed E-state index contributed by atoms with van der Waals surface area (Å²) < 4.78 is 44.1. The number of esters is 1. The Morgan fingerprint density at radius 1 is 1.04 bits per heavy atom. The zero-order valence-electron chi connectivity index (χ0n) is 32.4. The molecular formula is C37H64N2O11. The van der Waals surface area contributed by atoms with Gasteiger partial charge in [-0.15, -0.1) is 0 Å². The van der Waals surface area contributed by atoms with Crippen molar-refractivity contribution in [1.82, 2.24) is 4.90 Å². The van der Waals surface area contributed by atoms with Crippen LogP contribution in [0, 0.1) is 11.8 Å². The fourth-order valence-electron chi connectivity index (χ4n) is 8.32. The van der Waals surface area contributed by atoms with Gasteiger partial charge in [-0.05, 0) is 88.4 Å². The van der Waals surface area contributed by atoms with E-state index in [1.165, 1.54) is 7.11 Å². The van der Waals surface area contributed by atoms with Gasteiger partial charge in [0.05, 0.1) is 47.6 Å². The number of carbonyl (C=O) groups is 1. The van der Waals surface area contributed by atoms with Gasteiger partial charge in [0.15, 0.2) is 18.2 Å². The Balaban J connectivity index is 1.81. The topological polar surface area (TPSA) is 158 Å². The van der Waals surface area contributed by atoms with E-state index in [0.717, 1.165) is 5.57 Å². The minimum atomic E-state index is -1.57. The number of hydrogen-bond acceptors (Lipinski definition) is 13. The Labute approximate surface area is 298 Å². The average Bonchev–Trinajstić information content (AvgIpc) is 3.32. The van der Waals surface area contributed by atoms with Gasteiger partial charge in [0.1, 0.15) is 18.3 Å². The first-order chi connectivity index (χ1) is 23.2. The lowest BCUT2D eigenvalue weighted by Gasteiger charge is -2.48. The lowest BCUT2D eigenvalue weighted by molar-refractivity contribution is -0.317. The van der Waals surface area contributed by atoms with E-state index in [9.17, 15) is 20.1 Å². The van der Waals surface area contributed by atoms with Crippen LogP contribution in [0.5, 0.6) is 0 Å². The second-order valence-corrected chi connectivity index (χ2v) is 16.1. The van der Waals surface area contributed by atoms with Crippen molar-refractivity contribution in [3.63, 3.8) is 0 Å². The molecule has 0 amide bonds. The lowest BCUT2D eigenvalue weighted by Crippen LogP contribution is -2.60. The Bertz CT molecular complexity index is 1240. The second kappa shape index (κ2) is 15.7. The van der Waals surface area contributed by atoms with Gasteiger partial charge < -0.3 is 53.4 Å². The normalized spacial score (nSPS) is 47.9. The van der Waals surface area contributed by atoms with E-state index < -0.39 is 89.9 Å². The number of hydrogen-bond donors (Lipinski definition) is 3. The molecule has 0 saturated carbocycles. The number of aliphatic hydroxyl groups is 3. The third-order valence-corrected chi connectivity index (χ3v) is 11.3. The van der Waals surface area contributed by atoms with Crippen LogP contribution in [0.4, 0.5) is 0 Å². The van der Waals surface area contributed by atoms with Crippen LogP contribution in [-0.2, 0) is 38.0 Å². The number of nitrogens with zero attached hydrogens (tertiary/aromatic N) is 2. The number of likely N-dealkylation sites (N-methyl/N-ethyl adjacent to an activating group) is 1. The van der Waals surface area contributed by atoms with Gasteiger partial charge in [-0.3, -0.25) is 4.79 Å². The minimum absolute atomic E-state index is 0.155. The second-order valence-electron chi connectivity index (χ2n) is 16.1. The van der Waals surface area contributed by atoms with Gasteiger partial charge in [0.25, 0.3) is 0 Å². The molecule has 0 unspecified atom stereocenters. The van der Waals surface area contributed by atoms with Crippen molar-refractivity contribution in [3.05, 3.63) is 11.6 Å². The van der Waals surface area contributed by atoms with E-state index in [1.54, 1.807) is 27.7 Å². The molecule has 16 atom stereocenters. The Morgan fingerprint density at radius 2 is 1.70 bits per heavy atom. The summed E-state index contributed by atoms with van der Waals surface area (Å²) in [6.07, 6.45) is -4.00. The van der Waals surface area contributed by atoms with E-state index in [-0.39, 0.29) is 25.0 Å². The summed E-state index contributed by atoms with van der Waals surface area (Å²) in [7, 11) is 5.32. The molecule has 4 aliphatic heterocycles. The van der Waals surface area contributed by atoms with Crippen LogP contribution < -0.4 is 0 Å². The first kappa shape index (κ1) is 41.1. The maximum atomic E-state index is 14.2. The third-order valence-electron chi connectivity index (χ3n) is 11.3. The Morgan fingerprint density at radius 3 is 2.30 bits per heavy atom. The van der Waals surface area contributed by atoms with Crippen LogP contribution in [0.1, 0.15) is 94.9 Å². The summed E-state index contributed by atoms with van der Waals surface area (Å²) in [6, 6.07) is -0.665. The number of rotatable bonds is 7. The number of aliphatic hydroxyl groups excluding tert-OH is 2. The van der Waals surface area contributed by atoms with Crippen LogP contribution in [0.2, 0.25) is 0 Å². The molecule has 0 spiro atoms. The maximum Gasteiger partial charge on any atom is 0.311 e. The Kier molecular flexibility index (Phi) is 12.9. The molecule has 2 fully saturated rings. The van der Waals surface area contributed by atoms with Crippen LogP contribution >= 0.6 is 0 Å². The lowest BCUT2D eigenvalue weighted by atomic mass is 9.78. The highest BCUT2D eigenvalue weighted by Gasteiger charge is 2.52. The predicted molar refractivity (Wildman–Crippen MR) is 186 cm³/mol. The summed E-state index contributed by atoms with van der Waals surface area (Å²) in [5.74, 6) is -1.66. The fraction of sp³-hybridized carbons (Fsp3) is 0.892. The molecule has 4 heterocycles. The van der Waals surface area contributed by atoms with Crippen molar-refractivity contribution in [2.75, 3.05) is 21.2 Å². The van der Waals surface area contributed by atoms with Crippen LogP contribution in [-0.4, -0.2) is 137 Å². The average molecular weight is 713 g/mol. The highest BCUT2D eigenvalue weighted by molar-refractivity contribution is 5.96. The molecule has 13 nitrogen and oxygen atoms in total. The maximum absolute atomic E-state index is 14.2. The molecule has 50 heavy (non-hydrogen) atoms. The number of methoxy groups -OCH3 is 1. The number of cyclic esters (lactones) is 1. The van der Waals surface area contributed by atoms with Crippen molar-refractivity contribution >= 4 is 11.9 Å². The molecule has 4 aliphatic rings. The fourth-order valence-corrected chi connectivity index (χ4v) is 8.32. The molecule has 2 saturated heterocycles. The highest BCUT2D eigenvalue weighted by atomic mass is 16.7. The first-order valence-electron chi connectivity index (χ1n) is 18.2. The van der Waals surface area contributed by atoms with E-state index >= 15 is 0 Å². The van der Waals surface area contributed by atoms with Gasteiger partial charge in [0.2, 0.25) is 5.90 Å². The summed E-state index contributed by atoms with van der Waals surface area (Å²) in [6.45, 7) is 18.3. The van der Waals surface area contributed by atoms with Crippen molar-refractivity contribution in [2.45, 2.75) is 179 Å². The third kappa shape index (κ3) is 8.58. The van der Waals surface area contributed by atoms with Crippen molar-refractivity contribution < 1.29 is 53.3 Å². The summed E-state index contributed by atoms with van der Waals surface area (Å²) in [5.41, 5.74) is -2.68. The predicted octanol–water partition coefficient (Wildman–Crippen LogP) is 3.35. The van der Waals surface area contributed by atoms with Crippen LogP contribution in [0.25, 0.3) is 0 Å². The minimum Gasteiger partial charge on any atom is -0.463 e. The van der Waals surface area contributed by atoms with Crippen LogP contribution in [0.15, 0.2) is 16.6 Å². The number of aliphatic imine (C=N–C) groups is 1. The van der Waals surface area contributed by atoms with Gasteiger partial charge in [-0.25, -0.2) is 4.99 Å². The molecular weight excluding hydrogens is 648 g/mol. The van der Waals surface area contributed by atoms with Crippen molar-refractivity contribution in [1.29, 1.82) is 0 Å². The summed E-state index contributed by atoms with van der Waals surface area (Å²) in [5, 5.41) is 34.8. The molecule has 0 radical (unpaired) electrons. The zero-order valence-corrected chi connectivity index (χ0v) is 32.4. The molecule has 2 bridgehead atoms. The molecule has 288 valence electrons. The van der Waals surface area contributed by atoms with Crippen molar-refractivity contribution in [3.8, 4) is 0 Å². The molecule has 3 N–H and O–H groups in total. The number of fused-ring (bicyclic) bond motifs is 2. The molecule has 13 heteroatoms. The van der Waals surface area contributed by atoms with E-state index in [0.29, 0.717) is 18.7 Å². The number of carbonyl (C=O) groups excluding carboxylic acids is 1. The van der Waals surface area contributed by atoms with E-state index in [1.807, 2.05) is 66.6 Å². The van der Waals surface area contributed by atoms with Crippen LogP contribution in [0.3, 0.4) is 0 Å². The molecule has 0 aromatic carbocycles. The molecule has 0 aromatic rings. The Hall–Kier alpha value is -1.68. The monoisotopic (exact) mass is 712 g/mol. The van der Waals surface area contributed by atoms with Gasteiger partial charge >= 0.3 is 5.97 Å². The van der Waals surface area contributed by atoms with Gasteiger partial charge in [-0.2, -0.15) is 0 Å². The highest BCUT2D eigenvalue weighted by Crippen LogP contribution is 2.40. The smallest absolute Gasteiger partial charge is 0.311 e. The van der Waals surface area contributed by atoms with Gasteiger partial charge in [0, 0.05) is 37.5 Å². The summed E-state index contributed by atoms with van der Waals surface area (Å²) in [4.78, 5) is 21.0. The van der Waals surface area contributed by atoms with E-state index in [2.05, 4.69) is 0 Å².